The number of nitrogens with one attached hydrogen (secondary N) is 1. The number of ether oxygens (including phenoxy) is 1. The Labute approximate surface area is 205 Å². The second kappa shape index (κ2) is 10.7. The molecule has 174 valence electrons. The predicted octanol–water partition coefficient (Wildman–Crippen LogP) is 5.65. The minimum Gasteiger partial charge on any atom is -0.497 e. The summed E-state index contributed by atoms with van der Waals surface area (Å²) in [5, 5.41) is 3.09. The van der Waals surface area contributed by atoms with Crippen LogP contribution in [0.1, 0.15) is 12.0 Å². The van der Waals surface area contributed by atoms with E-state index in [-0.39, 0.29) is 30.6 Å². The molecule has 34 heavy (non-hydrogen) atoms. The normalized spacial score (nSPS) is 16.7. The fourth-order valence-electron chi connectivity index (χ4n) is 3.36. The number of benzene rings is 3. The molecule has 1 fully saturated rings. The zero-order chi connectivity index (χ0) is 24.1. The van der Waals surface area contributed by atoms with E-state index in [0.717, 1.165) is 5.56 Å². The lowest BCUT2D eigenvalue weighted by molar-refractivity contribution is -0.128. The molecule has 9 heteroatoms. The first-order valence-electron chi connectivity index (χ1n) is 10.4. The number of carbonyl (C=O) groups is 2. The number of hydrogen-bond donors (Lipinski definition) is 1. The summed E-state index contributed by atoms with van der Waals surface area (Å²) in [6.45, 7) is 0.280. The van der Waals surface area contributed by atoms with Gasteiger partial charge in [0.2, 0.25) is 11.8 Å². The first kappa shape index (κ1) is 23.8. The molecule has 0 radical (unpaired) electrons. The molecule has 1 N–H and O–H groups in total. The number of methoxy groups -OCH3 is 1. The van der Waals surface area contributed by atoms with E-state index >= 15 is 0 Å². The van der Waals surface area contributed by atoms with Gasteiger partial charge < -0.3 is 10.1 Å². The lowest BCUT2D eigenvalue weighted by Gasteiger charge is -2.17. The van der Waals surface area contributed by atoms with Crippen LogP contribution >= 0.6 is 23.4 Å². The third-order valence-electron chi connectivity index (χ3n) is 5.05. The standard InChI is InChI=1S/C25H21ClFN3O3S/c1-33-21-11-5-16(6-12-21)15-30-24(32)22(14-23(31)28-20-4-2-3-17(26)13-20)34-25(30)29-19-9-7-18(27)8-10-19/h2-13,22H,14-15H2,1H3,(H,28,31). The maximum atomic E-state index is 13.3. The lowest BCUT2D eigenvalue weighted by Crippen LogP contribution is -2.33. The van der Waals surface area contributed by atoms with Gasteiger partial charge in [-0.3, -0.25) is 14.5 Å². The van der Waals surface area contributed by atoms with Crippen molar-refractivity contribution in [3.63, 3.8) is 0 Å². The number of amidine groups is 1. The number of hydrogen-bond acceptors (Lipinski definition) is 5. The van der Waals surface area contributed by atoms with Gasteiger partial charge in [0.05, 0.1) is 19.3 Å². The minimum atomic E-state index is -0.642. The molecule has 3 aromatic carbocycles. The number of carbonyl (C=O) groups excluding carboxylic acids is 2. The number of aliphatic imine (C=N–C) groups is 1. The summed E-state index contributed by atoms with van der Waals surface area (Å²) in [4.78, 5) is 32.0. The molecule has 6 nitrogen and oxygen atoms in total. The monoisotopic (exact) mass is 497 g/mol. The Morgan fingerprint density at radius 3 is 2.56 bits per heavy atom. The average molecular weight is 498 g/mol. The van der Waals surface area contributed by atoms with Crippen molar-refractivity contribution in [3.05, 3.63) is 89.2 Å². The molecular weight excluding hydrogens is 477 g/mol. The quantitative estimate of drug-likeness (QED) is 0.458. The van der Waals surface area contributed by atoms with Crippen LogP contribution in [0.5, 0.6) is 5.75 Å². The van der Waals surface area contributed by atoms with E-state index in [1.165, 1.54) is 36.0 Å². The van der Waals surface area contributed by atoms with Crippen molar-refractivity contribution in [1.29, 1.82) is 0 Å². The van der Waals surface area contributed by atoms with Crippen molar-refractivity contribution >= 4 is 51.7 Å². The first-order chi connectivity index (χ1) is 16.4. The van der Waals surface area contributed by atoms with E-state index in [9.17, 15) is 14.0 Å². The van der Waals surface area contributed by atoms with Gasteiger partial charge in [-0.05, 0) is 60.2 Å². The largest absolute Gasteiger partial charge is 0.497 e. The molecule has 3 aromatic rings. The molecule has 1 saturated heterocycles. The van der Waals surface area contributed by atoms with Crippen LogP contribution in [0.4, 0.5) is 15.8 Å². The number of anilines is 1. The molecule has 0 bridgehead atoms. The Morgan fingerprint density at radius 1 is 1.15 bits per heavy atom. The highest BCUT2D eigenvalue weighted by Crippen LogP contribution is 2.33. The van der Waals surface area contributed by atoms with Crippen LogP contribution in [0.3, 0.4) is 0 Å². The highest BCUT2D eigenvalue weighted by Gasteiger charge is 2.39. The molecule has 1 heterocycles. The van der Waals surface area contributed by atoms with Gasteiger partial charge in [0.1, 0.15) is 16.8 Å². The molecule has 0 saturated carbocycles. The summed E-state index contributed by atoms with van der Waals surface area (Å²) >= 11 is 7.20. The second-order valence-electron chi connectivity index (χ2n) is 7.51. The summed E-state index contributed by atoms with van der Waals surface area (Å²) in [6, 6.07) is 19.9. The number of thioether (sulfide) groups is 1. The first-order valence-corrected chi connectivity index (χ1v) is 11.7. The van der Waals surface area contributed by atoms with Gasteiger partial charge in [-0.25, -0.2) is 9.38 Å². The van der Waals surface area contributed by atoms with E-state index < -0.39 is 5.25 Å². The van der Waals surface area contributed by atoms with Crippen molar-refractivity contribution in [2.24, 2.45) is 4.99 Å². The zero-order valence-electron chi connectivity index (χ0n) is 18.2. The van der Waals surface area contributed by atoms with Gasteiger partial charge in [0, 0.05) is 17.1 Å². The highest BCUT2D eigenvalue weighted by atomic mass is 35.5. The van der Waals surface area contributed by atoms with Crippen molar-refractivity contribution in [3.8, 4) is 5.75 Å². The second-order valence-corrected chi connectivity index (χ2v) is 9.12. The zero-order valence-corrected chi connectivity index (χ0v) is 19.8. The van der Waals surface area contributed by atoms with Crippen LogP contribution < -0.4 is 10.1 Å². The van der Waals surface area contributed by atoms with Crippen molar-refractivity contribution in [1.82, 2.24) is 4.90 Å². The summed E-state index contributed by atoms with van der Waals surface area (Å²) < 4.78 is 18.5. The molecule has 0 aromatic heterocycles. The molecule has 0 aliphatic carbocycles. The third kappa shape index (κ3) is 5.95. The van der Waals surface area contributed by atoms with Gasteiger partial charge >= 0.3 is 0 Å². The molecule has 2 amide bonds. The van der Waals surface area contributed by atoms with Crippen LogP contribution in [0.2, 0.25) is 5.02 Å². The van der Waals surface area contributed by atoms with E-state index in [1.807, 2.05) is 24.3 Å². The van der Waals surface area contributed by atoms with Crippen LogP contribution in [-0.2, 0) is 16.1 Å². The van der Waals surface area contributed by atoms with Gasteiger partial charge in [-0.1, -0.05) is 41.6 Å². The molecule has 1 aliphatic heterocycles. The Kier molecular flexibility index (Phi) is 7.49. The van der Waals surface area contributed by atoms with Crippen molar-refractivity contribution in [2.45, 2.75) is 18.2 Å². The number of amides is 2. The summed E-state index contributed by atoms with van der Waals surface area (Å²) in [7, 11) is 1.59. The summed E-state index contributed by atoms with van der Waals surface area (Å²) in [5.41, 5.74) is 1.95. The Hall–Kier alpha value is -3.36. The van der Waals surface area contributed by atoms with E-state index in [0.29, 0.717) is 27.3 Å². The summed E-state index contributed by atoms with van der Waals surface area (Å²) in [6.07, 6.45) is -0.0302. The fourth-order valence-corrected chi connectivity index (χ4v) is 4.70. The van der Waals surface area contributed by atoms with Gasteiger partial charge in [0.15, 0.2) is 5.17 Å². The van der Waals surface area contributed by atoms with Gasteiger partial charge in [-0.2, -0.15) is 0 Å². The average Bonchev–Trinajstić information content (AvgIpc) is 3.09. The lowest BCUT2D eigenvalue weighted by atomic mass is 10.2. The van der Waals surface area contributed by atoms with Crippen LogP contribution in [-0.4, -0.2) is 34.2 Å². The van der Waals surface area contributed by atoms with E-state index in [2.05, 4.69) is 10.3 Å². The Morgan fingerprint density at radius 2 is 1.88 bits per heavy atom. The maximum absolute atomic E-state index is 13.3. The molecule has 4 rings (SSSR count). The Bertz CT molecular complexity index is 1220. The topological polar surface area (TPSA) is 71.0 Å². The van der Waals surface area contributed by atoms with E-state index in [1.54, 1.807) is 36.3 Å². The number of halogens is 2. The van der Waals surface area contributed by atoms with Crippen LogP contribution in [0.15, 0.2) is 77.8 Å². The van der Waals surface area contributed by atoms with Gasteiger partial charge in [0.25, 0.3) is 0 Å². The fraction of sp³-hybridized carbons (Fsp3) is 0.160. The smallest absolute Gasteiger partial charge is 0.242 e. The predicted molar refractivity (Wildman–Crippen MR) is 133 cm³/mol. The third-order valence-corrected chi connectivity index (χ3v) is 6.46. The highest BCUT2D eigenvalue weighted by molar-refractivity contribution is 8.15. The molecule has 1 unspecified atom stereocenters. The molecule has 1 aliphatic rings. The van der Waals surface area contributed by atoms with Crippen molar-refractivity contribution < 1.29 is 18.7 Å². The maximum Gasteiger partial charge on any atom is 0.242 e. The molecular formula is C25H21ClFN3O3S. The van der Waals surface area contributed by atoms with Crippen LogP contribution in [0.25, 0.3) is 0 Å². The van der Waals surface area contributed by atoms with E-state index in [4.69, 9.17) is 16.3 Å². The summed E-state index contributed by atoms with van der Waals surface area (Å²) in [5.74, 6) is -0.185. The van der Waals surface area contributed by atoms with Crippen LogP contribution in [0, 0.1) is 5.82 Å². The number of rotatable bonds is 7. The molecule has 0 spiro atoms. The SMILES string of the molecule is COc1ccc(CN2C(=O)C(CC(=O)Nc3cccc(Cl)c3)SC2=Nc2ccc(F)cc2)cc1. The van der Waals surface area contributed by atoms with Gasteiger partial charge in [-0.15, -0.1) is 0 Å². The van der Waals surface area contributed by atoms with Crippen molar-refractivity contribution in [2.75, 3.05) is 12.4 Å². The number of nitrogens with zero attached hydrogens (tertiary/aromatic N) is 2. The molecule has 1 atom stereocenters. The minimum absolute atomic E-state index is 0.0302. The Balaban J connectivity index is 1.54.